The Bertz CT molecular complexity index is 967. The van der Waals surface area contributed by atoms with E-state index in [9.17, 15) is 4.79 Å². The van der Waals surface area contributed by atoms with Gasteiger partial charge in [-0.3, -0.25) is 9.69 Å². The molecule has 0 bridgehead atoms. The van der Waals surface area contributed by atoms with Crippen molar-refractivity contribution in [3.05, 3.63) is 52.7 Å². The van der Waals surface area contributed by atoms with Crippen molar-refractivity contribution < 1.29 is 9.53 Å². The number of nitrogens with zero attached hydrogens (tertiary/aromatic N) is 3. The van der Waals surface area contributed by atoms with Crippen LogP contribution < -0.4 is 10.6 Å². The molecule has 1 aromatic carbocycles. The zero-order valence-corrected chi connectivity index (χ0v) is 17.3. The molecule has 0 unspecified atom stereocenters. The van der Waals surface area contributed by atoms with E-state index in [4.69, 9.17) is 4.74 Å². The predicted molar refractivity (Wildman–Crippen MR) is 116 cm³/mol. The maximum absolute atomic E-state index is 12.3. The van der Waals surface area contributed by atoms with Crippen LogP contribution in [0.25, 0.3) is 10.2 Å². The summed E-state index contributed by atoms with van der Waals surface area (Å²) in [5.41, 5.74) is 1.77. The minimum atomic E-state index is -0.0379. The molecular weight excluding hydrogens is 386 g/mol. The van der Waals surface area contributed by atoms with Gasteiger partial charge in [0.2, 0.25) is 0 Å². The minimum Gasteiger partial charge on any atom is -0.379 e. The molecule has 3 heterocycles. The Hall–Kier alpha value is -2.55. The number of carbonyl (C=O) groups excluding carboxylic acids is 1. The first-order chi connectivity index (χ1) is 14.2. The molecule has 152 valence electrons. The molecule has 8 heteroatoms. The maximum atomic E-state index is 12.3. The summed E-state index contributed by atoms with van der Waals surface area (Å²) < 4.78 is 5.34. The van der Waals surface area contributed by atoms with Gasteiger partial charge in [0.15, 0.2) is 0 Å². The van der Waals surface area contributed by atoms with Gasteiger partial charge in [0.1, 0.15) is 17.0 Å². The molecule has 0 atom stereocenters. The van der Waals surface area contributed by atoms with Crippen LogP contribution >= 0.6 is 11.3 Å². The predicted octanol–water partition coefficient (Wildman–Crippen LogP) is 2.67. The molecule has 7 nitrogen and oxygen atoms in total. The van der Waals surface area contributed by atoms with Gasteiger partial charge in [-0.05, 0) is 30.7 Å². The molecule has 0 aliphatic carbocycles. The number of anilines is 1. The highest BCUT2D eigenvalue weighted by Crippen LogP contribution is 2.27. The van der Waals surface area contributed by atoms with Crippen molar-refractivity contribution in [2.45, 2.75) is 13.5 Å². The Morgan fingerprint density at radius 1 is 1.21 bits per heavy atom. The average Bonchev–Trinajstić information content (AvgIpc) is 3.14. The molecule has 29 heavy (non-hydrogen) atoms. The summed E-state index contributed by atoms with van der Waals surface area (Å²) >= 11 is 1.66. The Kier molecular flexibility index (Phi) is 6.33. The van der Waals surface area contributed by atoms with Crippen molar-refractivity contribution >= 4 is 33.3 Å². The van der Waals surface area contributed by atoms with Crippen LogP contribution in [0.15, 0.2) is 36.7 Å². The molecule has 3 aromatic rings. The largest absolute Gasteiger partial charge is 0.379 e. The second-order valence-corrected chi connectivity index (χ2v) is 8.29. The molecule has 0 radical (unpaired) electrons. The molecule has 1 aliphatic heterocycles. The number of morpholine rings is 1. The highest BCUT2D eigenvalue weighted by molar-refractivity contribution is 7.18. The van der Waals surface area contributed by atoms with Crippen molar-refractivity contribution in [3.8, 4) is 0 Å². The SMILES string of the molecule is Cc1cc2c(NCc3ccc(C(=O)NCCN4CCOCC4)cc3)ncnc2s1. The molecule has 0 saturated carbocycles. The molecule has 2 aromatic heterocycles. The molecule has 4 rings (SSSR count). The van der Waals surface area contributed by atoms with Crippen LogP contribution in [0.4, 0.5) is 5.82 Å². The third-order valence-corrected chi connectivity index (χ3v) is 5.90. The Morgan fingerprint density at radius 3 is 2.79 bits per heavy atom. The van der Waals surface area contributed by atoms with Gasteiger partial charge < -0.3 is 15.4 Å². The van der Waals surface area contributed by atoms with Gasteiger partial charge in [0.05, 0.1) is 18.6 Å². The van der Waals surface area contributed by atoms with E-state index in [2.05, 4.69) is 38.5 Å². The van der Waals surface area contributed by atoms with E-state index in [1.165, 1.54) is 4.88 Å². The maximum Gasteiger partial charge on any atom is 0.251 e. The summed E-state index contributed by atoms with van der Waals surface area (Å²) in [5.74, 6) is 0.799. The number of aromatic nitrogens is 2. The number of benzene rings is 1. The van der Waals surface area contributed by atoms with Crippen LogP contribution in [0.2, 0.25) is 0 Å². The highest BCUT2D eigenvalue weighted by atomic mass is 32.1. The van der Waals surface area contributed by atoms with E-state index in [0.717, 1.165) is 54.4 Å². The van der Waals surface area contributed by atoms with Crippen LogP contribution in [0.1, 0.15) is 20.8 Å². The van der Waals surface area contributed by atoms with Crippen molar-refractivity contribution in [2.24, 2.45) is 0 Å². The molecule has 1 aliphatic rings. The Morgan fingerprint density at radius 2 is 2.00 bits per heavy atom. The van der Waals surface area contributed by atoms with E-state index < -0.39 is 0 Å². The lowest BCUT2D eigenvalue weighted by Gasteiger charge is -2.26. The standard InChI is InChI=1S/C21H25N5O2S/c1-15-12-18-19(24-14-25-21(18)29-15)23-13-16-2-4-17(5-3-16)20(27)22-6-7-26-8-10-28-11-9-26/h2-5,12,14H,6-11,13H2,1H3,(H,22,27)(H,23,24,25). The number of aryl methyl sites for hydroxylation is 1. The lowest BCUT2D eigenvalue weighted by molar-refractivity contribution is 0.0383. The van der Waals surface area contributed by atoms with Crippen LogP contribution in [0, 0.1) is 6.92 Å². The average molecular weight is 412 g/mol. The van der Waals surface area contributed by atoms with Gasteiger partial charge in [0, 0.05) is 43.2 Å². The van der Waals surface area contributed by atoms with Crippen molar-refractivity contribution in [1.82, 2.24) is 20.2 Å². The van der Waals surface area contributed by atoms with Crippen LogP contribution in [0.3, 0.4) is 0 Å². The number of nitrogens with one attached hydrogen (secondary N) is 2. The zero-order valence-electron chi connectivity index (χ0n) is 16.5. The molecule has 2 N–H and O–H groups in total. The topological polar surface area (TPSA) is 79.4 Å². The van der Waals surface area contributed by atoms with Gasteiger partial charge in [-0.2, -0.15) is 0 Å². The number of hydrogen-bond acceptors (Lipinski definition) is 7. The number of thiophene rings is 1. The number of amides is 1. The lowest BCUT2D eigenvalue weighted by Crippen LogP contribution is -2.41. The van der Waals surface area contributed by atoms with Gasteiger partial charge in [-0.15, -0.1) is 11.3 Å². The number of hydrogen-bond donors (Lipinski definition) is 2. The molecule has 1 fully saturated rings. The van der Waals surface area contributed by atoms with E-state index in [0.29, 0.717) is 18.7 Å². The van der Waals surface area contributed by atoms with Gasteiger partial charge in [-0.25, -0.2) is 9.97 Å². The first-order valence-electron chi connectivity index (χ1n) is 9.81. The van der Waals surface area contributed by atoms with E-state index in [1.54, 1.807) is 17.7 Å². The second-order valence-electron chi connectivity index (χ2n) is 7.06. The summed E-state index contributed by atoms with van der Waals surface area (Å²) in [4.78, 5) is 25.5. The van der Waals surface area contributed by atoms with Crippen molar-refractivity contribution in [1.29, 1.82) is 0 Å². The quantitative estimate of drug-likeness (QED) is 0.622. The fourth-order valence-corrected chi connectivity index (χ4v) is 4.18. The van der Waals surface area contributed by atoms with Crippen molar-refractivity contribution in [2.75, 3.05) is 44.7 Å². The summed E-state index contributed by atoms with van der Waals surface area (Å²) in [5, 5.41) is 7.42. The molecule has 1 saturated heterocycles. The summed E-state index contributed by atoms with van der Waals surface area (Å²) in [6.45, 7) is 7.62. The molecule has 0 spiro atoms. The number of fused-ring (bicyclic) bond motifs is 1. The second kappa shape index (κ2) is 9.30. The van der Waals surface area contributed by atoms with Gasteiger partial charge >= 0.3 is 0 Å². The first-order valence-corrected chi connectivity index (χ1v) is 10.6. The zero-order chi connectivity index (χ0) is 20.1. The van der Waals surface area contributed by atoms with E-state index in [-0.39, 0.29) is 5.91 Å². The summed E-state index contributed by atoms with van der Waals surface area (Å²) in [7, 11) is 0. The monoisotopic (exact) mass is 411 g/mol. The lowest BCUT2D eigenvalue weighted by atomic mass is 10.1. The fraction of sp³-hybridized carbons (Fsp3) is 0.381. The third kappa shape index (κ3) is 5.09. The number of rotatable bonds is 7. The van der Waals surface area contributed by atoms with Gasteiger partial charge in [0.25, 0.3) is 5.91 Å². The van der Waals surface area contributed by atoms with Crippen LogP contribution in [0.5, 0.6) is 0 Å². The fourth-order valence-electron chi connectivity index (χ4n) is 3.33. The van der Waals surface area contributed by atoms with Crippen LogP contribution in [-0.4, -0.2) is 60.2 Å². The minimum absolute atomic E-state index is 0.0379. The van der Waals surface area contributed by atoms with E-state index in [1.807, 2.05) is 24.3 Å². The number of carbonyl (C=O) groups is 1. The van der Waals surface area contributed by atoms with E-state index >= 15 is 0 Å². The highest BCUT2D eigenvalue weighted by Gasteiger charge is 2.11. The van der Waals surface area contributed by atoms with Crippen molar-refractivity contribution in [3.63, 3.8) is 0 Å². The van der Waals surface area contributed by atoms with Gasteiger partial charge in [-0.1, -0.05) is 12.1 Å². The summed E-state index contributed by atoms with van der Waals surface area (Å²) in [6, 6.07) is 9.78. The smallest absolute Gasteiger partial charge is 0.251 e. The molecule has 1 amide bonds. The normalized spacial score (nSPS) is 14.8. The molecular formula is C21H25N5O2S. The summed E-state index contributed by atoms with van der Waals surface area (Å²) in [6.07, 6.45) is 1.59. The third-order valence-electron chi connectivity index (χ3n) is 4.95. The number of ether oxygens (including phenoxy) is 1. The Labute approximate surface area is 174 Å². The Balaban J connectivity index is 1.28. The van der Waals surface area contributed by atoms with Crippen LogP contribution in [-0.2, 0) is 11.3 Å². The first kappa shape index (κ1) is 19.8.